The van der Waals surface area contributed by atoms with Crippen LogP contribution in [0.3, 0.4) is 0 Å². The van der Waals surface area contributed by atoms with Crippen molar-refractivity contribution in [2.45, 2.75) is 6.61 Å². The summed E-state index contributed by atoms with van der Waals surface area (Å²) in [7, 11) is 0. The number of carboxylic acids is 1. The average Bonchev–Trinajstić information content (AvgIpc) is 2.45. The molecule has 2 rings (SSSR count). The third kappa shape index (κ3) is 3.33. The molecule has 2 aromatic carbocycles. The molecule has 20 heavy (non-hydrogen) atoms. The molecule has 0 aliphatic carbocycles. The minimum absolute atomic E-state index is 0.145. The molecule has 0 radical (unpaired) electrons. The predicted octanol–water partition coefficient (Wildman–Crippen LogP) is 2.97. The number of nitrogens with zero attached hydrogens (tertiary/aromatic N) is 1. The minimum Gasteiger partial charge on any atom is -0.489 e. The zero-order valence-electron chi connectivity index (χ0n) is 10.3. The van der Waals surface area contributed by atoms with Gasteiger partial charge in [-0.2, -0.15) is 5.26 Å². The molecular weight excluding hydrogens is 261 g/mol. The molecule has 0 fully saturated rings. The van der Waals surface area contributed by atoms with Crippen LogP contribution in [-0.2, 0) is 6.61 Å². The predicted molar refractivity (Wildman–Crippen MR) is 68.8 cm³/mol. The summed E-state index contributed by atoms with van der Waals surface area (Å²) in [4.78, 5) is 10.8. The highest BCUT2D eigenvalue weighted by atomic mass is 19.1. The van der Waals surface area contributed by atoms with E-state index < -0.39 is 11.8 Å². The van der Waals surface area contributed by atoms with Crippen LogP contribution in [0.25, 0.3) is 0 Å². The number of nitriles is 1. The first-order chi connectivity index (χ1) is 9.58. The van der Waals surface area contributed by atoms with Gasteiger partial charge in [0, 0.05) is 6.07 Å². The second kappa shape index (κ2) is 5.85. The lowest BCUT2D eigenvalue weighted by Gasteiger charge is -2.07. The van der Waals surface area contributed by atoms with Crippen LogP contribution >= 0.6 is 0 Å². The Morgan fingerprint density at radius 2 is 1.95 bits per heavy atom. The number of hydrogen-bond acceptors (Lipinski definition) is 3. The van der Waals surface area contributed by atoms with Crippen LogP contribution in [0.2, 0.25) is 0 Å². The summed E-state index contributed by atoms with van der Waals surface area (Å²) in [5, 5.41) is 17.5. The van der Waals surface area contributed by atoms with Gasteiger partial charge in [-0.1, -0.05) is 12.1 Å². The Morgan fingerprint density at radius 3 is 2.55 bits per heavy atom. The zero-order chi connectivity index (χ0) is 14.5. The first-order valence-corrected chi connectivity index (χ1v) is 5.74. The van der Waals surface area contributed by atoms with Crippen molar-refractivity contribution < 1.29 is 19.0 Å². The molecule has 0 aromatic heterocycles. The van der Waals surface area contributed by atoms with Gasteiger partial charge in [-0.15, -0.1) is 0 Å². The van der Waals surface area contributed by atoms with E-state index in [1.54, 1.807) is 24.3 Å². The Balaban J connectivity index is 2.10. The average molecular weight is 271 g/mol. The van der Waals surface area contributed by atoms with Gasteiger partial charge in [0.2, 0.25) is 0 Å². The molecule has 0 amide bonds. The summed E-state index contributed by atoms with van der Waals surface area (Å²) in [6.07, 6.45) is 0. The Hall–Kier alpha value is -2.87. The van der Waals surface area contributed by atoms with Crippen LogP contribution in [-0.4, -0.2) is 11.1 Å². The zero-order valence-corrected chi connectivity index (χ0v) is 10.3. The van der Waals surface area contributed by atoms with Gasteiger partial charge in [0.05, 0.1) is 17.2 Å². The molecular formula is C15H10FNO3. The molecule has 0 atom stereocenters. The highest BCUT2D eigenvalue weighted by molar-refractivity contribution is 5.88. The SMILES string of the molecule is N#Cc1ccc(COc2cc(F)cc(C(=O)O)c2)cc1. The Labute approximate surface area is 114 Å². The van der Waals surface area contributed by atoms with E-state index in [2.05, 4.69) is 0 Å². The number of carboxylic acid groups (broad SMARTS) is 1. The van der Waals surface area contributed by atoms with Crippen LogP contribution in [0.15, 0.2) is 42.5 Å². The van der Waals surface area contributed by atoms with Gasteiger partial charge < -0.3 is 9.84 Å². The maximum Gasteiger partial charge on any atom is 0.335 e. The summed E-state index contributed by atoms with van der Waals surface area (Å²) in [6, 6.07) is 12.0. The topological polar surface area (TPSA) is 70.3 Å². The second-order valence-electron chi connectivity index (χ2n) is 4.08. The lowest BCUT2D eigenvalue weighted by molar-refractivity contribution is 0.0695. The fourth-order valence-electron chi connectivity index (χ4n) is 1.61. The highest BCUT2D eigenvalue weighted by Gasteiger charge is 2.08. The van der Waals surface area contributed by atoms with Gasteiger partial charge in [0.25, 0.3) is 0 Å². The van der Waals surface area contributed by atoms with Crippen molar-refractivity contribution in [2.75, 3.05) is 0 Å². The lowest BCUT2D eigenvalue weighted by atomic mass is 10.1. The van der Waals surface area contributed by atoms with Crippen molar-refractivity contribution >= 4 is 5.97 Å². The molecule has 0 aliphatic heterocycles. The van der Waals surface area contributed by atoms with E-state index in [1.165, 1.54) is 6.07 Å². The fourth-order valence-corrected chi connectivity index (χ4v) is 1.61. The van der Waals surface area contributed by atoms with Gasteiger partial charge in [0.15, 0.2) is 0 Å². The first-order valence-electron chi connectivity index (χ1n) is 5.74. The van der Waals surface area contributed by atoms with Gasteiger partial charge in [-0.05, 0) is 29.8 Å². The van der Waals surface area contributed by atoms with Crippen LogP contribution in [0.5, 0.6) is 5.75 Å². The van der Waals surface area contributed by atoms with Crippen molar-refractivity contribution in [2.24, 2.45) is 0 Å². The van der Waals surface area contributed by atoms with Gasteiger partial charge in [-0.3, -0.25) is 0 Å². The summed E-state index contributed by atoms with van der Waals surface area (Å²) >= 11 is 0. The molecule has 1 N–H and O–H groups in total. The number of halogens is 1. The van der Waals surface area contributed by atoms with E-state index in [0.717, 1.165) is 17.7 Å². The number of benzene rings is 2. The van der Waals surface area contributed by atoms with E-state index in [-0.39, 0.29) is 17.9 Å². The maximum absolute atomic E-state index is 13.2. The van der Waals surface area contributed by atoms with Crippen molar-refractivity contribution in [3.8, 4) is 11.8 Å². The Kier molecular flexibility index (Phi) is 3.96. The summed E-state index contributed by atoms with van der Waals surface area (Å²) in [5.41, 5.74) is 1.16. The van der Waals surface area contributed by atoms with Crippen LogP contribution in [0.4, 0.5) is 4.39 Å². The number of rotatable bonds is 4. The fraction of sp³-hybridized carbons (Fsp3) is 0.0667. The largest absolute Gasteiger partial charge is 0.489 e. The van der Waals surface area contributed by atoms with E-state index in [9.17, 15) is 9.18 Å². The van der Waals surface area contributed by atoms with Gasteiger partial charge >= 0.3 is 5.97 Å². The quantitative estimate of drug-likeness (QED) is 0.928. The van der Waals surface area contributed by atoms with Crippen molar-refractivity contribution in [3.63, 3.8) is 0 Å². The maximum atomic E-state index is 13.2. The van der Waals surface area contributed by atoms with Crippen molar-refractivity contribution in [1.82, 2.24) is 0 Å². The molecule has 0 bridgehead atoms. The number of carbonyl (C=O) groups is 1. The molecule has 100 valence electrons. The number of aromatic carboxylic acids is 1. The first kappa shape index (κ1) is 13.6. The standard InChI is InChI=1S/C15H10FNO3/c16-13-5-12(15(18)19)6-14(7-13)20-9-11-3-1-10(8-17)2-4-11/h1-7H,9H2,(H,18,19). The van der Waals surface area contributed by atoms with Crippen molar-refractivity contribution in [3.05, 3.63) is 65.0 Å². The lowest BCUT2D eigenvalue weighted by Crippen LogP contribution is -2.00. The summed E-state index contributed by atoms with van der Waals surface area (Å²) in [5.74, 6) is -1.74. The number of ether oxygens (including phenoxy) is 1. The van der Waals surface area contributed by atoms with Crippen LogP contribution in [0.1, 0.15) is 21.5 Å². The summed E-state index contributed by atoms with van der Waals surface area (Å²) in [6.45, 7) is 0.161. The third-order valence-corrected chi connectivity index (χ3v) is 2.61. The Bertz CT molecular complexity index is 675. The smallest absolute Gasteiger partial charge is 0.335 e. The molecule has 0 heterocycles. The molecule has 0 spiro atoms. The molecule has 0 unspecified atom stereocenters. The van der Waals surface area contributed by atoms with Crippen molar-refractivity contribution in [1.29, 1.82) is 5.26 Å². The van der Waals surface area contributed by atoms with Crippen LogP contribution in [0, 0.1) is 17.1 Å². The Morgan fingerprint density at radius 1 is 1.25 bits per heavy atom. The van der Waals surface area contributed by atoms with E-state index in [1.807, 2.05) is 6.07 Å². The minimum atomic E-state index is -1.22. The third-order valence-electron chi connectivity index (χ3n) is 2.61. The number of hydrogen-bond donors (Lipinski definition) is 1. The van der Waals surface area contributed by atoms with E-state index in [0.29, 0.717) is 5.56 Å². The molecule has 0 aliphatic rings. The molecule has 4 nitrogen and oxygen atoms in total. The molecule has 2 aromatic rings. The van der Waals surface area contributed by atoms with Gasteiger partial charge in [0.1, 0.15) is 18.2 Å². The highest BCUT2D eigenvalue weighted by Crippen LogP contribution is 2.18. The normalized spacial score (nSPS) is 9.80. The molecule has 5 heteroatoms. The van der Waals surface area contributed by atoms with E-state index >= 15 is 0 Å². The summed E-state index contributed by atoms with van der Waals surface area (Å²) < 4.78 is 18.6. The van der Waals surface area contributed by atoms with Crippen LogP contribution < -0.4 is 4.74 Å². The second-order valence-corrected chi connectivity index (χ2v) is 4.08. The monoisotopic (exact) mass is 271 g/mol. The molecule has 0 saturated carbocycles. The molecule has 0 saturated heterocycles. The van der Waals surface area contributed by atoms with Gasteiger partial charge in [-0.25, -0.2) is 9.18 Å². The van der Waals surface area contributed by atoms with E-state index in [4.69, 9.17) is 15.1 Å².